The Morgan fingerprint density at radius 1 is 0.429 bits per heavy atom. The minimum atomic E-state index is -0.760. The highest BCUT2D eigenvalue weighted by Crippen LogP contribution is 2.16. The van der Waals surface area contributed by atoms with Gasteiger partial charge in [0.1, 0.15) is 13.2 Å². The molecule has 0 aromatic rings. The highest BCUT2D eigenvalue weighted by atomic mass is 16.6. The highest BCUT2D eigenvalue weighted by molar-refractivity contribution is 5.71. The first-order valence-corrected chi connectivity index (χ1v) is 21.3. The predicted molar refractivity (Wildman–Crippen MR) is 206 cm³/mol. The lowest BCUT2D eigenvalue weighted by molar-refractivity contribution is -0.167. The fourth-order valence-electron chi connectivity index (χ4n) is 6.19. The molecule has 0 heterocycles. The third kappa shape index (κ3) is 36.0. The summed E-state index contributed by atoms with van der Waals surface area (Å²) < 4.78 is 16.6. The molecule has 0 aliphatic rings. The van der Waals surface area contributed by atoms with E-state index >= 15 is 0 Å². The van der Waals surface area contributed by atoms with E-state index in [0.29, 0.717) is 19.3 Å². The van der Waals surface area contributed by atoms with Gasteiger partial charge in [-0.1, -0.05) is 189 Å². The van der Waals surface area contributed by atoms with Crippen molar-refractivity contribution >= 4 is 17.9 Å². The Balaban J connectivity index is 4.37. The summed E-state index contributed by atoms with van der Waals surface area (Å²) >= 11 is 0. The van der Waals surface area contributed by atoms with E-state index in [-0.39, 0.29) is 31.1 Å². The summed E-state index contributed by atoms with van der Waals surface area (Å²) in [4.78, 5) is 37.5. The van der Waals surface area contributed by atoms with E-state index in [1.807, 2.05) is 0 Å². The Bertz CT molecular complexity index is 751. The molecule has 0 saturated carbocycles. The molecule has 6 nitrogen and oxygen atoms in total. The lowest BCUT2D eigenvalue weighted by atomic mass is 10.00. The Kier molecular flexibility index (Phi) is 35.0. The fraction of sp³-hybridized carbons (Fsp3) is 0.930. The number of ether oxygens (including phenoxy) is 3. The monoisotopic (exact) mass is 695 g/mol. The largest absolute Gasteiger partial charge is 0.462 e. The van der Waals surface area contributed by atoms with Gasteiger partial charge in [-0.25, -0.2) is 0 Å². The van der Waals surface area contributed by atoms with Gasteiger partial charge < -0.3 is 14.2 Å². The zero-order valence-electron chi connectivity index (χ0n) is 33.3. The molecule has 49 heavy (non-hydrogen) atoms. The summed E-state index contributed by atoms with van der Waals surface area (Å²) in [5, 5.41) is 0. The minimum absolute atomic E-state index is 0.0664. The maximum atomic E-state index is 12.6. The number of carbonyl (C=O) groups excluding carboxylic acids is 3. The van der Waals surface area contributed by atoms with Gasteiger partial charge in [0.15, 0.2) is 6.10 Å². The maximum Gasteiger partial charge on any atom is 0.306 e. The molecular weight excluding hydrogens is 612 g/mol. The van der Waals surface area contributed by atoms with Crippen LogP contribution in [0.3, 0.4) is 0 Å². The lowest BCUT2D eigenvalue weighted by Gasteiger charge is -2.18. The van der Waals surface area contributed by atoms with Crippen molar-refractivity contribution in [2.24, 2.45) is 11.8 Å². The van der Waals surface area contributed by atoms with Crippen LogP contribution in [0.2, 0.25) is 0 Å². The molecule has 0 fully saturated rings. The third-order valence-corrected chi connectivity index (χ3v) is 9.83. The van der Waals surface area contributed by atoms with Crippen LogP contribution in [0.5, 0.6) is 0 Å². The standard InChI is InChI=1S/C43H82O6/c1-6-8-9-10-11-12-13-17-23-28-33-41(44)47-36-40(37-48-42(45)34-29-24-20-19-22-27-32-39(5)7-2)49-43(46)35-30-25-18-15-14-16-21-26-31-38(3)4/h38-40H,6-37H2,1-5H3/t39?,40-/m0/s1. The van der Waals surface area contributed by atoms with Gasteiger partial charge in [0.05, 0.1) is 0 Å². The Morgan fingerprint density at radius 2 is 0.776 bits per heavy atom. The number of esters is 3. The molecule has 0 spiro atoms. The summed E-state index contributed by atoms with van der Waals surface area (Å²) in [6.07, 6.45) is 32.3. The van der Waals surface area contributed by atoms with Gasteiger partial charge in [0.25, 0.3) is 0 Å². The molecule has 6 heteroatoms. The normalized spacial score (nSPS) is 12.6. The number of unbranched alkanes of at least 4 members (excludes halogenated alkanes) is 21. The molecule has 0 aliphatic carbocycles. The van der Waals surface area contributed by atoms with Gasteiger partial charge >= 0.3 is 17.9 Å². The van der Waals surface area contributed by atoms with Crippen LogP contribution in [0.25, 0.3) is 0 Å². The Hall–Kier alpha value is -1.59. The highest BCUT2D eigenvalue weighted by Gasteiger charge is 2.19. The maximum absolute atomic E-state index is 12.6. The summed E-state index contributed by atoms with van der Waals surface area (Å²) in [5.41, 5.74) is 0. The fourth-order valence-corrected chi connectivity index (χ4v) is 6.19. The van der Waals surface area contributed by atoms with Crippen molar-refractivity contribution < 1.29 is 28.6 Å². The summed E-state index contributed by atoms with van der Waals surface area (Å²) in [5.74, 6) is 0.740. The predicted octanol–water partition coefficient (Wildman–Crippen LogP) is 13.0. The van der Waals surface area contributed by atoms with E-state index in [1.54, 1.807) is 0 Å². The molecule has 0 rings (SSSR count). The van der Waals surface area contributed by atoms with Crippen molar-refractivity contribution in [3.8, 4) is 0 Å². The van der Waals surface area contributed by atoms with Crippen molar-refractivity contribution in [2.75, 3.05) is 13.2 Å². The molecule has 0 bridgehead atoms. The van der Waals surface area contributed by atoms with Crippen molar-refractivity contribution in [1.29, 1.82) is 0 Å². The van der Waals surface area contributed by atoms with E-state index in [1.165, 1.54) is 116 Å². The zero-order valence-corrected chi connectivity index (χ0v) is 33.3. The van der Waals surface area contributed by atoms with E-state index in [4.69, 9.17) is 14.2 Å². The lowest BCUT2D eigenvalue weighted by Crippen LogP contribution is -2.30. The third-order valence-electron chi connectivity index (χ3n) is 9.83. The quantitative estimate of drug-likeness (QED) is 0.0366. The van der Waals surface area contributed by atoms with Crippen LogP contribution in [0.15, 0.2) is 0 Å². The van der Waals surface area contributed by atoms with Crippen LogP contribution in [0.1, 0.15) is 227 Å². The molecule has 0 saturated heterocycles. The number of hydrogen-bond donors (Lipinski definition) is 0. The molecule has 0 aromatic carbocycles. The van der Waals surface area contributed by atoms with Crippen molar-refractivity contribution in [3.63, 3.8) is 0 Å². The molecule has 2 atom stereocenters. The van der Waals surface area contributed by atoms with Crippen molar-refractivity contribution in [1.82, 2.24) is 0 Å². The molecule has 290 valence electrons. The SMILES string of the molecule is CCCCCCCCCCCCC(=O)OC[C@@H](COC(=O)CCCCCCCCC(C)CC)OC(=O)CCCCCCCCCCC(C)C. The van der Waals surface area contributed by atoms with Crippen LogP contribution in [0, 0.1) is 11.8 Å². The second kappa shape index (κ2) is 36.2. The van der Waals surface area contributed by atoms with Gasteiger partial charge in [-0.05, 0) is 31.1 Å². The first kappa shape index (κ1) is 47.4. The van der Waals surface area contributed by atoms with E-state index in [0.717, 1.165) is 69.6 Å². The number of carbonyl (C=O) groups is 3. The first-order chi connectivity index (χ1) is 23.8. The molecule has 0 amide bonds. The summed E-state index contributed by atoms with van der Waals surface area (Å²) in [6.45, 7) is 11.2. The number of hydrogen-bond acceptors (Lipinski definition) is 6. The van der Waals surface area contributed by atoms with Crippen LogP contribution < -0.4 is 0 Å². The van der Waals surface area contributed by atoms with Gasteiger partial charge in [0.2, 0.25) is 0 Å². The molecule has 0 radical (unpaired) electrons. The van der Waals surface area contributed by atoms with Crippen molar-refractivity contribution in [3.05, 3.63) is 0 Å². The van der Waals surface area contributed by atoms with Crippen LogP contribution in [-0.2, 0) is 28.6 Å². The van der Waals surface area contributed by atoms with Gasteiger partial charge in [-0.15, -0.1) is 0 Å². The van der Waals surface area contributed by atoms with Crippen LogP contribution >= 0.6 is 0 Å². The van der Waals surface area contributed by atoms with E-state index in [2.05, 4.69) is 34.6 Å². The van der Waals surface area contributed by atoms with Crippen molar-refractivity contribution in [2.45, 2.75) is 233 Å². The second-order valence-corrected chi connectivity index (χ2v) is 15.3. The molecular formula is C43H82O6. The molecule has 0 aliphatic heterocycles. The second-order valence-electron chi connectivity index (χ2n) is 15.3. The summed E-state index contributed by atoms with van der Waals surface area (Å²) in [6, 6.07) is 0. The van der Waals surface area contributed by atoms with E-state index < -0.39 is 6.10 Å². The van der Waals surface area contributed by atoms with Crippen LogP contribution in [-0.4, -0.2) is 37.2 Å². The first-order valence-electron chi connectivity index (χ1n) is 21.3. The molecule has 1 unspecified atom stereocenters. The Morgan fingerprint density at radius 3 is 1.16 bits per heavy atom. The topological polar surface area (TPSA) is 78.9 Å². The van der Waals surface area contributed by atoms with Gasteiger partial charge in [0, 0.05) is 19.3 Å². The van der Waals surface area contributed by atoms with Gasteiger partial charge in [-0.2, -0.15) is 0 Å². The number of rotatable bonds is 37. The zero-order chi connectivity index (χ0) is 36.2. The average Bonchev–Trinajstić information content (AvgIpc) is 3.08. The molecule has 0 aromatic heterocycles. The van der Waals surface area contributed by atoms with Gasteiger partial charge in [-0.3, -0.25) is 14.4 Å². The Labute approximate surface area is 304 Å². The smallest absolute Gasteiger partial charge is 0.306 e. The summed E-state index contributed by atoms with van der Waals surface area (Å²) in [7, 11) is 0. The molecule has 0 N–H and O–H groups in total. The van der Waals surface area contributed by atoms with E-state index in [9.17, 15) is 14.4 Å². The minimum Gasteiger partial charge on any atom is -0.462 e. The average molecular weight is 695 g/mol. The van der Waals surface area contributed by atoms with Crippen LogP contribution in [0.4, 0.5) is 0 Å².